The number of carbonyl (C=O) groups is 1. The van der Waals surface area contributed by atoms with Crippen LogP contribution in [0.4, 0.5) is 13.2 Å². The largest absolute Gasteiger partial charge is 0.438 e. The quantitative estimate of drug-likeness (QED) is 0.817. The molecule has 1 N–H and O–H groups in total. The van der Waals surface area contributed by atoms with Gasteiger partial charge in [0.2, 0.25) is 5.91 Å². The second-order valence-electron chi connectivity index (χ2n) is 5.79. The Balaban J connectivity index is 1.94. The third kappa shape index (κ3) is 3.49. The molecule has 2 heterocycles. The summed E-state index contributed by atoms with van der Waals surface area (Å²) < 4.78 is 41.3. The van der Waals surface area contributed by atoms with Crippen molar-refractivity contribution < 1.29 is 23.1 Å². The number of nitrogens with zero attached hydrogens (tertiary/aromatic N) is 3. The number of hydrogen-bond donors (Lipinski definition) is 1. The molecule has 5 nitrogen and oxygen atoms in total. The van der Waals surface area contributed by atoms with Gasteiger partial charge in [-0.3, -0.25) is 9.78 Å². The molecule has 9 heteroatoms. The Morgan fingerprint density at radius 1 is 1.27 bits per heavy atom. The lowest BCUT2D eigenvalue weighted by molar-refractivity contribution is -0.302. The number of hydrazone groups is 1. The molecule has 26 heavy (non-hydrogen) atoms. The smallest absolute Gasteiger partial charge is 0.362 e. The van der Waals surface area contributed by atoms with Crippen LogP contribution in [0.25, 0.3) is 0 Å². The summed E-state index contributed by atoms with van der Waals surface area (Å²) >= 11 is 3.24. The lowest BCUT2D eigenvalue weighted by Gasteiger charge is -2.32. The summed E-state index contributed by atoms with van der Waals surface area (Å²) in [5.74, 6) is -0.968. The number of aromatic nitrogens is 1. The van der Waals surface area contributed by atoms with Gasteiger partial charge in [-0.1, -0.05) is 34.1 Å². The number of hydrogen-bond acceptors (Lipinski definition) is 4. The zero-order valence-corrected chi connectivity index (χ0v) is 14.8. The Labute approximate surface area is 155 Å². The van der Waals surface area contributed by atoms with Crippen molar-refractivity contribution in [2.45, 2.75) is 24.7 Å². The third-order valence-electron chi connectivity index (χ3n) is 3.93. The first-order valence-electron chi connectivity index (χ1n) is 7.55. The van der Waals surface area contributed by atoms with Gasteiger partial charge in [0.1, 0.15) is 0 Å². The second-order valence-corrected chi connectivity index (χ2v) is 6.70. The SMILES string of the molecule is O=C(Cc1cccnc1)N1N=C(c2ccc(Br)cc2)C[C@@]1(O)C(F)(F)F. The molecule has 0 unspecified atom stereocenters. The molecule has 1 aromatic carbocycles. The number of pyridine rings is 1. The molecule has 1 amide bonds. The molecule has 0 bridgehead atoms. The normalized spacial score (nSPS) is 20.2. The summed E-state index contributed by atoms with van der Waals surface area (Å²) in [6.07, 6.45) is -3.39. The number of amides is 1. The molecular formula is C17H13BrF3N3O2. The highest BCUT2D eigenvalue weighted by atomic mass is 79.9. The molecule has 0 fully saturated rings. The van der Waals surface area contributed by atoms with Crippen LogP contribution in [0.3, 0.4) is 0 Å². The summed E-state index contributed by atoms with van der Waals surface area (Å²) in [7, 11) is 0. The van der Waals surface area contributed by atoms with Crippen LogP contribution in [0.5, 0.6) is 0 Å². The van der Waals surface area contributed by atoms with Gasteiger partial charge in [-0.05, 0) is 29.3 Å². The van der Waals surface area contributed by atoms with Gasteiger partial charge < -0.3 is 5.11 Å². The average molecular weight is 428 g/mol. The topological polar surface area (TPSA) is 65.8 Å². The number of benzene rings is 1. The Morgan fingerprint density at radius 2 is 1.96 bits per heavy atom. The monoisotopic (exact) mass is 427 g/mol. The van der Waals surface area contributed by atoms with Gasteiger partial charge in [-0.15, -0.1) is 0 Å². The minimum atomic E-state index is -5.06. The van der Waals surface area contributed by atoms with Crippen molar-refractivity contribution in [1.29, 1.82) is 0 Å². The summed E-state index contributed by atoms with van der Waals surface area (Å²) in [6.45, 7) is 0. The molecule has 3 rings (SSSR count). The van der Waals surface area contributed by atoms with Crippen LogP contribution in [0, 0.1) is 0 Å². The highest BCUT2D eigenvalue weighted by Crippen LogP contribution is 2.41. The van der Waals surface area contributed by atoms with Crippen LogP contribution in [-0.4, -0.2) is 38.6 Å². The highest BCUT2D eigenvalue weighted by Gasteiger charge is 2.63. The lowest BCUT2D eigenvalue weighted by Crippen LogP contribution is -2.57. The van der Waals surface area contributed by atoms with Crippen LogP contribution >= 0.6 is 15.9 Å². The van der Waals surface area contributed by atoms with E-state index in [0.717, 1.165) is 4.47 Å². The number of halogens is 4. The van der Waals surface area contributed by atoms with Crippen LogP contribution in [0.2, 0.25) is 0 Å². The first kappa shape index (κ1) is 18.5. The highest BCUT2D eigenvalue weighted by molar-refractivity contribution is 9.10. The van der Waals surface area contributed by atoms with Crippen molar-refractivity contribution in [3.8, 4) is 0 Å². The van der Waals surface area contributed by atoms with Crippen molar-refractivity contribution in [1.82, 2.24) is 9.99 Å². The molecule has 1 aliphatic heterocycles. The number of rotatable bonds is 3. The van der Waals surface area contributed by atoms with Crippen molar-refractivity contribution in [2.24, 2.45) is 5.10 Å². The molecule has 2 aromatic rings. The van der Waals surface area contributed by atoms with Gasteiger partial charge in [0.25, 0.3) is 5.72 Å². The van der Waals surface area contributed by atoms with E-state index in [9.17, 15) is 23.1 Å². The number of carbonyl (C=O) groups excluding carboxylic acids is 1. The van der Waals surface area contributed by atoms with E-state index in [1.807, 2.05) is 0 Å². The number of aliphatic hydroxyl groups is 1. The average Bonchev–Trinajstić information content (AvgIpc) is 2.95. The molecule has 0 radical (unpaired) electrons. The van der Waals surface area contributed by atoms with E-state index < -0.39 is 24.2 Å². The molecule has 0 saturated carbocycles. The van der Waals surface area contributed by atoms with E-state index in [4.69, 9.17) is 0 Å². The molecule has 0 aliphatic carbocycles. The van der Waals surface area contributed by atoms with Crippen molar-refractivity contribution in [3.63, 3.8) is 0 Å². The maximum atomic E-state index is 13.5. The van der Waals surface area contributed by atoms with E-state index in [2.05, 4.69) is 26.0 Å². The Bertz CT molecular complexity index is 841. The predicted octanol–water partition coefficient (Wildman–Crippen LogP) is 3.27. The molecule has 1 aromatic heterocycles. The molecule has 136 valence electrons. The number of alkyl halides is 3. The summed E-state index contributed by atoms with van der Waals surface area (Å²) in [5, 5.41) is 14.2. The Hall–Kier alpha value is -2.26. The van der Waals surface area contributed by atoms with Crippen LogP contribution in [-0.2, 0) is 11.2 Å². The fourth-order valence-electron chi connectivity index (χ4n) is 2.58. The molecule has 1 atom stereocenters. The summed E-state index contributed by atoms with van der Waals surface area (Å²) in [6, 6.07) is 9.55. The minimum Gasteiger partial charge on any atom is -0.362 e. The van der Waals surface area contributed by atoms with Crippen LogP contribution in [0.15, 0.2) is 58.4 Å². The van der Waals surface area contributed by atoms with E-state index in [0.29, 0.717) is 11.1 Å². The maximum Gasteiger partial charge on any atom is 0.438 e. The van der Waals surface area contributed by atoms with Gasteiger partial charge in [0, 0.05) is 16.9 Å². The van der Waals surface area contributed by atoms with Crippen LogP contribution < -0.4 is 0 Å². The van der Waals surface area contributed by atoms with Gasteiger partial charge in [-0.2, -0.15) is 23.3 Å². The Morgan fingerprint density at radius 3 is 2.54 bits per heavy atom. The first-order valence-corrected chi connectivity index (χ1v) is 8.34. The maximum absolute atomic E-state index is 13.5. The summed E-state index contributed by atoms with van der Waals surface area (Å²) in [4.78, 5) is 16.3. The summed E-state index contributed by atoms with van der Waals surface area (Å²) in [5.41, 5.74) is -2.58. The van der Waals surface area contributed by atoms with Crippen molar-refractivity contribution >= 4 is 27.5 Å². The molecular weight excluding hydrogens is 415 g/mol. The van der Waals surface area contributed by atoms with Gasteiger partial charge in [-0.25, -0.2) is 0 Å². The van der Waals surface area contributed by atoms with E-state index in [1.54, 1.807) is 36.4 Å². The van der Waals surface area contributed by atoms with E-state index in [1.165, 1.54) is 12.4 Å². The second kappa shape index (κ2) is 6.81. The molecule has 0 saturated heterocycles. The zero-order valence-electron chi connectivity index (χ0n) is 13.2. The van der Waals surface area contributed by atoms with Gasteiger partial charge in [0.05, 0.1) is 18.6 Å². The third-order valence-corrected chi connectivity index (χ3v) is 4.46. The minimum absolute atomic E-state index is 0.0168. The molecule has 0 spiro atoms. The van der Waals surface area contributed by atoms with Gasteiger partial charge >= 0.3 is 6.18 Å². The van der Waals surface area contributed by atoms with Crippen LogP contribution in [0.1, 0.15) is 17.5 Å². The predicted molar refractivity (Wildman–Crippen MR) is 91.1 cm³/mol. The molecule has 1 aliphatic rings. The standard InChI is InChI=1S/C17H13BrF3N3O2/c18-13-5-3-12(4-6-13)14-9-16(26,17(19,20)21)24(23-14)15(25)8-11-2-1-7-22-10-11/h1-7,10,26H,8-9H2/t16-/m1/s1. The van der Waals surface area contributed by atoms with Gasteiger partial charge in [0.15, 0.2) is 0 Å². The first-order chi connectivity index (χ1) is 12.2. The Kier molecular flexibility index (Phi) is 4.85. The van der Waals surface area contributed by atoms with E-state index >= 15 is 0 Å². The zero-order chi connectivity index (χ0) is 18.9. The fraction of sp³-hybridized carbons (Fsp3) is 0.235. The van der Waals surface area contributed by atoms with E-state index in [-0.39, 0.29) is 17.1 Å². The fourth-order valence-corrected chi connectivity index (χ4v) is 2.85. The van der Waals surface area contributed by atoms with Crippen molar-refractivity contribution in [3.05, 3.63) is 64.4 Å². The lowest BCUT2D eigenvalue weighted by atomic mass is 10.0. The van der Waals surface area contributed by atoms with Crippen molar-refractivity contribution in [2.75, 3.05) is 0 Å².